The standard InChI is InChI=1S/C61H46O2/c1-60(2)50-36-42(40-27-31-51(62-5)47(33-40)37-17-9-6-10-18-37)26-30-46(50)57-58(60)55(39-21-13-8-14-22-39)54(38-19-11-7-12-20-38)56-45-29-25-43(35-49(45)61(3,4)59(56)57)41-28-32-53-48(34-41)44-23-15-16-24-52(44)63-53/h6-36H,1-5H3. The Hall–Kier alpha value is -7.42. The summed E-state index contributed by atoms with van der Waals surface area (Å²) in [4.78, 5) is 0. The molecule has 0 aliphatic heterocycles. The van der Waals surface area contributed by atoms with Crippen molar-refractivity contribution in [3.63, 3.8) is 0 Å². The Balaban J connectivity index is 1.11. The number of fused-ring (bicyclic) bond motifs is 10. The third-order valence-corrected chi connectivity index (χ3v) is 14.1. The lowest BCUT2D eigenvalue weighted by molar-refractivity contribution is 0.416. The smallest absolute Gasteiger partial charge is 0.135 e. The van der Waals surface area contributed by atoms with Crippen molar-refractivity contribution in [3.8, 4) is 83.6 Å². The summed E-state index contributed by atoms with van der Waals surface area (Å²) in [5.74, 6) is 0.871. The average molecular weight is 811 g/mol. The summed E-state index contributed by atoms with van der Waals surface area (Å²) in [6.45, 7) is 9.80. The minimum Gasteiger partial charge on any atom is -0.496 e. The molecule has 0 amide bonds. The fraction of sp³-hybridized carbons (Fsp3) is 0.115. The second kappa shape index (κ2) is 13.8. The lowest BCUT2D eigenvalue weighted by Crippen LogP contribution is -2.20. The average Bonchev–Trinajstić information content (AvgIpc) is 3.90. The van der Waals surface area contributed by atoms with E-state index < -0.39 is 0 Å². The van der Waals surface area contributed by atoms with Crippen LogP contribution in [0.1, 0.15) is 49.9 Å². The van der Waals surface area contributed by atoms with Crippen molar-refractivity contribution < 1.29 is 9.15 Å². The van der Waals surface area contributed by atoms with Crippen LogP contribution < -0.4 is 4.74 Å². The van der Waals surface area contributed by atoms with Gasteiger partial charge in [0.1, 0.15) is 16.9 Å². The van der Waals surface area contributed by atoms with Crippen LogP contribution in [0.15, 0.2) is 192 Å². The van der Waals surface area contributed by atoms with Gasteiger partial charge >= 0.3 is 0 Å². The molecule has 0 N–H and O–H groups in total. The van der Waals surface area contributed by atoms with Crippen molar-refractivity contribution in [2.75, 3.05) is 7.11 Å². The summed E-state index contributed by atoms with van der Waals surface area (Å²) in [5, 5.41) is 2.29. The monoisotopic (exact) mass is 810 g/mol. The van der Waals surface area contributed by atoms with Gasteiger partial charge in [-0.3, -0.25) is 0 Å². The van der Waals surface area contributed by atoms with E-state index in [0.29, 0.717) is 0 Å². The van der Waals surface area contributed by atoms with Gasteiger partial charge in [0.05, 0.1) is 7.11 Å². The van der Waals surface area contributed by atoms with Crippen molar-refractivity contribution in [2.24, 2.45) is 0 Å². The maximum absolute atomic E-state index is 6.24. The topological polar surface area (TPSA) is 22.4 Å². The minimum atomic E-state index is -0.321. The summed E-state index contributed by atoms with van der Waals surface area (Å²) in [5.41, 5.74) is 24.2. The summed E-state index contributed by atoms with van der Waals surface area (Å²) in [6.07, 6.45) is 0. The minimum absolute atomic E-state index is 0.313. The highest BCUT2D eigenvalue weighted by Gasteiger charge is 2.48. The molecule has 2 nitrogen and oxygen atoms in total. The van der Waals surface area contributed by atoms with Crippen molar-refractivity contribution in [2.45, 2.75) is 38.5 Å². The summed E-state index contributed by atoms with van der Waals surface area (Å²) >= 11 is 0. The van der Waals surface area contributed by atoms with Gasteiger partial charge in [0, 0.05) is 27.2 Å². The van der Waals surface area contributed by atoms with E-state index in [1.165, 1.54) is 89.0 Å². The molecule has 0 bridgehead atoms. The number of rotatable bonds is 6. The van der Waals surface area contributed by atoms with E-state index in [9.17, 15) is 0 Å². The zero-order valence-electron chi connectivity index (χ0n) is 36.2. The van der Waals surface area contributed by atoms with E-state index in [1.54, 1.807) is 7.11 Å². The molecule has 0 fully saturated rings. The molecule has 0 spiro atoms. The first-order chi connectivity index (χ1) is 30.7. The van der Waals surface area contributed by atoms with Gasteiger partial charge in [0.25, 0.3) is 0 Å². The van der Waals surface area contributed by atoms with E-state index in [-0.39, 0.29) is 10.8 Å². The van der Waals surface area contributed by atoms with Crippen LogP contribution in [0, 0.1) is 0 Å². The number of benzene rings is 9. The van der Waals surface area contributed by atoms with E-state index in [4.69, 9.17) is 9.15 Å². The molecule has 0 radical (unpaired) electrons. The molecular weight excluding hydrogens is 765 g/mol. The number of hydrogen-bond donors (Lipinski definition) is 0. The third-order valence-electron chi connectivity index (χ3n) is 14.1. The Morgan fingerprint density at radius 1 is 0.349 bits per heavy atom. The van der Waals surface area contributed by atoms with Gasteiger partial charge in [0.2, 0.25) is 0 Å². The molecular formula is C61H46O2. The maximum atomic E-state index is 6.24. The number of para-hydroxylation sites is 1. The molecule has 9 aromatic carbocycles. The number of hydrogen-bond acceptors (Lipinski definition) is 2. The predicted molar refractivity (Wildman–Crippen MR) is 263 cm³/mol. The highest BCUT2D eigenvalue weighted by atomic mass is 16.5. The predicted octanol–water partition coefficient (Wildman–Crippen LogP) is 16.5. The van der Waals surface area contributed by atoms with Crippen molar-refractivity contribution in [1.82, 2.24) is 0 Å². The highest BCUT2D eigenvalue weighted by molar-refractivity contribution is 6.10. The van der Waals surface area contributed by atoms with Gasteiger partial charge in [-0.15, -0.1) is 0 Å². The van der Waals surface area contributed by atoms with Crippen LogP contribution in [-0.2, 0) is 10.8 Å². The first-order valence-corrected chi connectivity index (χ1v) is 22.0. The largest absolute Gasteiger partial charge is 0.496 e. The molecule has 2 heteroatoms. The lowest BCUT2D eigenvalue weighted by Gasteiger charge is -2.31. The first kappa shape index (κ1) is 37.4. The Morgan fingerprint density at radius 2 is 0.825 bits per heavy atom. The Labute approximate surface area is 369 Å². The molecule has 2 aliphatic carbocycles. The van der Waals surface area contributed by atoms with E-state index in [1.807, 2.05) is 6.07 Å². The van der Waals surface area contributed by atoms with Crippen LogP contribution in [0.3, 0.4) is 0 Å². The van der Waals surface area contributed by atoms with E-state index in [0.717, 1.165) is 38.8 Å². The Kier molecular flexibility index (Phi) is 8.18. The fourth-order valence-corrected chi connectivity index (χ4v) is 11.1. The molecule has 0 saturated heterocycles. The Morgan fingerprint density at radius 3 is 1.46 bits per heavy atom. The molecule has 12 rings (SSSR count). The maximum Gasteiger partial charge on any atom is 0.135 e. The second-order valence-electron chi connectivity index (χ2n) is 18.3. The zero-order valence-corrected chi connectivity index (χ0v) is 36.2. The van der Waals surface area contributed by atoms with Crippen LogP contribution in [0.25, 0.3) is 99.8 Å². The molecule has 2 aliphatic rings. The van der Waals surface area contributed by atoms with Gasteiger partial charge < -0.3 is 9.15 Å². The normalized spacial score (nSPS) is 14.0. The molecule has 1 aromatic heterocycles. The first-order valence-electron chi connectivity index (χ1n) is 22.0. The highest BCUT2D eigenvalue weighted by Crippen LogP contribution is 2.65. The Bertz CT molecular complexity index is 3460. The molecule has 0 unspecified atom stereocenters. The van der Waals surface area contributed by atoms with E-state index in [2.05, 4.69) is 210 Å². The molecule has 302 valence electrons. The van der Waals surface area contributed by atoms with Gasteiger partial charge in [-0.1, -0.05) is 173 Å². The zero-order chi connectivity index (χ0) is 42.6. The van der Waals surface area contributed by atoms with Crippen molar-refractivity contribution in [3.05, 3.63) is 210 Å². The quantitative estimate of drug-likeness (QED) is 0.167. The number of furan rings is 1. The lowest BCUT2D eigenvalue weighted by atomic mass is 9.71. The molecule has 0 saturated carbocycles. The van der Waals surface area contributed by atoms with Gasteiger partial charge in [0.15, 0.2) is 0 Å². The van der Waals surface area contributed by atoms with Crippen LogP contribution in [0.5, 0.6) is 5.75 Å². The summed E-state index contributed by atoms with van der Waals surface area (Å²) < 4.78 is 12.1. The van der Waals surface area contributed by atoms with Gasteiger partial charge in [-0.2, -0.15) is 0 Å². The third kappa shape index (κ3) is 5.50. The van der Waals surface area contributed by atoms with Gasteiger partial charge in [-0.25, -0.2) is 0 Å². The molecule has 1 heterocycles. The summed E-state index contributed by atoms with van der Waals surface area (Å²) in [7, 11) is 1.76. The molecule has 63 heavy (non-hydrogen) atoms. The summed E-state index contributed by atoms with van der Waals surface area (Å²) in [6, 6.07) is 68.8. The fourth-order valence-electron chi connectivity index (χ4n) is 11.1. The van der Waals surface area contributed by atoms with Crippen LogP contribution in [0.2, 0.25) is 0 Å². The van der Waals surface area contributed by atoms with Gasteiger partial charge in [-0.05, 0) is 137 Å². The number of methoxy groups -OCH3 is 1. The molecule has 10 aromatic rings. The van der Waals surface area contributed by atoms with Crippen LogP contribution in [-0.4, -0.2) is 7.11 Å². The molecule has 0 atom stereocenters. The van der Waals surface area contributed by atoms with Crippen molar-refractivity contribution in [1.29, 1.82) is 0 Å². The van der Waals surface area contributed by atoms with Crippen LogP contribution >= 0.6 is 0 Å². The second-order valence-corrected chi connectivity index (χ2v) is 18.3. The SMILES string of the molecule is COc1ccc(-c2ccc3c(c2)C(C)(C)c2c(-c4ccccc4)c(-c4ccccc4)c4c(c2-3)C(C)(C)c2cc(-c3ccc5oc6ccccc6c5c3)ccc2-4)cc1-c1ccccc1. The number of ether oxygens (including phenoxy) is 1. The van der Waals surface area contributed by atoms with Crippen LogP contribution in [0.4, 0.5) is 0 Å². The van der Waals surface area contributed by atoms with E-state index >= 15 is 0 Å². The van der Waals surface area contributed by atoms with Crippen molar-refractivity contribution >= 4 is 21.9 Å².